The van der Waals surface area contributed by atoms with Gasteiger partial charge in [0, 0.05) is 24.0 Å². The maximum atomic E-state index is 4.45. The van der Waals surface area contributed by atoms with Gasteiger partial charge in [-0.1, -0.05) is 13.8 Å². The van der Waals surface area contributed by atoms with E-state index in [-0.39, 0.29) is 0 Å². The summed E-state index contributed by atoms with van der Waals surface area (Å²) < 4.78 is 0. The van der Waals surface area contributed by atoms with E-state index in [0.717, 1.165) is 30.3 Å². The van der Waals surface area contributed by atoms with Crippen LogP contribution in [0.2, 0.25) is 0 Å². The fourth-order valence-corrected chi connectivity index (χ4v) is 2.16. The van der Waals surface area contributed by atoms with Crippen LogP contribution in [0.3, 0.4) is 0 Å². The minimum absolute atomic E-state index is 0.390. The van der Waals surface area contributed by atoms with E-state index in [1.807, 2.05) is 19.9 Å². The lowest BCUT2D eigenvalue weighted by atomic mass is 10.0. The molecular weight excluding hydrogens is 224 g/mol. The van der Waals surface area contributed by atoms with Crippen LogP contribution in [0.25, 0.3) is 0 Å². The first-order valence-corrected chi connectivity index (χ1v) is 6.60. The third-order valence-corrected chi connectivity index (χ3v) is 2.66. The molecule has 1 aromatic heterocycles. The highest BCUT2D eigenvalue weighted by Crippen LogP contribution is 2.11. The van der Waals surface area contributed by atoms with Crippen molar-refractivity contribution in [3.63, 3.8) is 0 Å². The molecule has 1 rings (SSSR count). The van der Waals surface area contributed by atoms with Gasteiger partial charge in [-0.05, 0) is 46.3 Å². The summed E-state index contributed by atoms with van der Waals surface area (Å²) >= 11 is 0. The average molecular weight is 250 g/mol. The Labute approximate surface area is 111 Å². The molecule has 0 aliphatic carbocycles. The van der Waals surface area contributed by atoms with Crippen LogP contribution in [-0.2, 0) is 0 Å². The maximum Gasteiger partial charge on any atom is 0.223 e. The number of hydrogen-bond donors (Lipinski definition) is 1. The summed E-state index contributed by atoms with van der Waals surface area (Å²) in [6, 6.07) is 2.38. The van der Waals surface area contributed by atoms with Gasteiger partial charge in [0.1, 0.15) is 0 Å². The third kappa shape index (κ3) is 5.45. The molecule has 0 bridgehead atoms. The van der Waals surface area contributed by atoms with Crippen molar-refractivity contribution < 1.29 is 0 Å². The Bertz CT molecular complexity index is 344. The second-order valence-corrected chi connectivity index (χ2v) is 5.71. The van der Waals surface area contributed by atoms with Crippen molar-refractivity contribution in [2.75, 3.05) is 26.0 Å². The Morgan fingerprint density at radius 1 is 1.17 bits per heavy atom. The molecule has 1 unspecified atom stereocenters. The van der Waals surface area contributed by atoms with Crippen molar-refractivity contribution in [3.8, 4) is 0 Å². The van der Waals surface area contributed by atoms with Gasteiger partial charge in [-0.2, -0.15) is 0 Å². The number of anilines is 1. The number of aromatic nitrogens is 2. The summed E-state index contributed by atoms with van der Waals surface area (Å²) in [7, 11) is 4.19. The summed E-state index contributed by atoms with van der Waals surface area (Å²) in [5.74, 6) is 1.41. The highest BCUT2D eigenvalue weighted by atomic mass is 15.2. The van der Waals surface area contributed by atoms with Gasteiger partial charge in [0.2, 0.25) is 5.95 Å². The fraction of sp³-hybridized carbons (Fsp3) is 0.714. The van der Waals surface area contributed by atoms with Crippen LogP contribution in [0.5, 0.6) is 0 Å². The van der Waals surface area contributed by atoms with Crippen LogP contribution in [0.4, 0.5) is 5.95 Å². The zero-order chi connectivity index (χ0) is 13.7. The normalized spacial score (nSPS) is 13.1. The van der Waals surface area contributed by atoms with Crippen molar-refractivity contribution >= 4 is 5.95 Å². The standard InChI is InChI=1S/C14H26N4/c1-10(2)7-13(9-18(5)6)17-14-15-11(3)8-12(4)16-14/h8,10,13H,7,9H2,1-6H3,(H,15,16,17). The van der Waals surface area contributed by atoms with Gasteiger partial charge in [-0.25, -0.2) is 9.97 Å². The van der Waals surface area contributed by atoms with Gasteiger partial charge >= 0.3 is 0 Å². The molecule has 0 amide bonds. The molecule has 0 aliphatic rings. The zero-order valence-electron chi connectivity index (χ0n) is 12.5. The van der Waals surface area contributed by atoms with Crippen molar-refractivity contribution in [2.45, 2.75) is 40.2 Å². The highest BCUT2D eigenvalue weighted by Gasteiger charge is 2.13. The van der Waals surface area contributed by atoms with Crippen molar-refractivity contribution in [1.82, 2.24) is 14.9 Å². The van der Waals surface area contributed by atoms with Crippen LogP contribution in [0, 0.1) is 19.8 Å². The molecule has 4 heteroatoms. The molecule has 1 heterocycles. The predicted molar refractivity (Wildman–Crippen MR) is 76.9 cm³/mol. The quantitative estimate of drug-likeness (QED) is 0.842. The molecule has 0 saturated heterocycles. The van der Waals surface area contributed by atoms with Gasteiger partial charge < -0.3 is 10.2 Å². The molecule has 102 valence electrons. The minimum Gasteiger partial charge on any atom is -0.350 e. The van der Waals surface area contributed by atoms with Crippen molar-refractivity contribution in [2.24, 2.45) is 5.92 Å². The number of nitrogens with zero attached hydrogens (tertiary/aromatic N) is 3. The first-order valence-electron chi connectivity index (χ1n) is 6.60. The Hall–Kier alpha value is -1.16. The predicted octanol–water partition coefficient (Wildman–Crippen LogP) is 2.48. The van der Waals surface area contributed by atoms with E-state index in [2.05, 4.69) is 48.1 Å². The summed E-state index contributed by atoms with van der Waals surface area (Å²) in [6.07, 6.45) is 1.12. The molecule has 4 nitrogen and oxygen atoms in total. The van der Waals surface area contributed by atoms with Crippen LogP contribution in [0.15, 0.2) is 6.07 Å². The number of likely N-dealkylation sites (N-methyl/N-ethyl adjacent to an activating group) is 1. The zero-order valence-corrected chi connectivity index (χ0v) is 12.5. The number of nitrogens with one attached hydrogen (secondary N) is 1. The molecule has 0 spiro atoms. The van der Waals surface area contributed by atoms with E-state index in [1.165, 1.54) is 0 Å². The Balaban J connectivity index is 2.74. The number of hydrogen-bond acceptors (Lipinski definition) is 4. The lowest BCUT2D eigenvalue weighted by Gasteiger charge is -2.24. The molecular formula is C14H26N4. The minimum atomic E-state index is 0.390. The molecule has 1 atom stereocenters. The van der Waals surface area contributed by atoms with Gasteiger partial charge in [-0.15, -0.1) is 0 Å². The molecule has 0 aliphatic heterocycles. The van der Waals surface area contributed by atoms with E-state index in [9.17, 15) is 0 Å². The Morgan fingerprint density at radius 2 is 1.72 bits per heavy atom. The Morgan fingerprint density at radius 3 is 2.17 bits per heavy atom. The second kappa shape index (κ2) is 6.69. The van der Waals surface area contributed by atoms with Gasteiger partial charge in [0.05, 0.1) is 0 Å². The summed E-state index contributed by atoms with van der Waals surface area (Å²) in [5.41, 5.74) is 2.02. The monoisotopic (exact) mass is 250 g/mol. The smallest absolute Gasteiger partial charge is 0.223 e. The summed E-state index contributed by atoms with van der Waals surface area (Å²) in [6.45, 7) is 9.49. The van der Waals surface area contributed by atoms with Gasteiger partial charge in [0.15, 0.2) is 0 Å². The van der Waals surface area contributed by atoms with E-state index in [4.69, 9.17) is 0 Å². The first kappa shape index (κ1) is 14.9. The van der Waals surface area contributed by atoms with Crippen LogP contribution >= 0.6 is 0 Å². The van der Waals surface area contributed by atoms with E-state index in [1.54, 1.807) is 0 Å². The highest BCUT2D eigenvalue weighted by molar-refractivity contribution is 5.29. The molecule has 0 saturated carbocycles. The van der Waals surface area contributed by atoms with Crippen molar-refractivity contribution in [1.29, 1.82) is 0 Å². The maximum absolute atomic E-state index is 4.45. The van der Waals surface area contributed by atoms with E-state index >= 15 is 0 Å². The molecule has 0 radical (unpaired) electrons. The molecule has 0 aromatic carbocycles. The largest absolute Gasteiger partial charge is 0.350 e. The topological polar surface area (TPSA) is 41.1 Å². The van der Waals surface area contributed by atoms with Crippen LogP contribution < -0.4 is 5.32 Å². The molecule has 1 aromatic rings. The van der Waals surface area contributed by atoms with Crippen LogP contribution in [0.1, 0.15) is 31.7 Å². The van der Waals surface area contributed by atoms with Crippen LogP contribution in [-0.4, -0.2) is 41.5 Å². The second-order valence-electron chi connectivity index (χ2n) is 5.71. The van der Waals surface area contributed by atoms with E-state index in [0.29, 0.717) is 12.0 Å². The third-order valence-electron chi connectivity index (χ3n) is 2.66. The molecule has 18 heavy (non-hydrogen) atoms. The SMILES string of the molecule is Cc1cc(C)nc(NC(CC(C)C)CN(C)C)n1. The number of aryl methyl sites for hydroxylation is 2. The van der Waals surface area contributed by atoms with Gasteiger partial charge in [-0.3, -0.25) is 0 Å². The summed E-state index contributed by atoms with van der Waals surface area (Å²) in [5, 5.41) is 3.46. The molecule has 1 N–H and O–H groups in total. The molecule has 0 fully saturated rings. The van der Waals surface area contributed by atoms with Crippen molar-refractivity contribution in [3.05, 3.63) is 17.5 Å². The summed E-state index contributed by atoms with van der Waals surface area (Å²) in [4.78, 5) is 11.1. The Kier molecular flexibility index (Phi) is 5.54. The first-order chi connectivity index (χ1) is 8.36. The fourth-order valence-electron chi connectivity index (χ4n) is 2.16. The van der Waals surface area contributed by atoms with E-state index < -0.39 is 0 Å². The average Bonchev–Trinajstić information content (AvgIpc) is 2.12. The van der Waals surface area contributed by atoms with Gasteiger partial charge in [0.25, 0.3) is 0 Å². The lowest BCUT2D eigenvalue weighted by Crippen LogP contribution is -2.34. The number of rotatable bonds is 6. The lowest BCUT2D eigenvalue weighted by molar-refractivity contribution is 0.355.